The Bertz CT molecular complexity index is 599. The van der Waals surface area contributed by atoms with E-state index in [9.17, 15) is 5.11 Å². The Labute approximate surface area is 123 Å². The summed E-state index contributed by atoms with van der Waals surface area (Å²) >= 11 is 5.36. The Morgan fingerprint density at radius 3 is 2.55 bits per heavy atom. The third-order valence-electron chi connectivity index (χ3n) is 2.86. The van der Waals surface area contributed by atoms with Crippen LogP contribution in [0.2, 0.25) is 0 Å². The molecule has 20 heavy (non-hydrogen) atoms. The molecule has 2 aromatic rings. The Kier molecular flexibility index (Phi) is 4.42. The van der Waals surface area contributed by atoms with Gasteiger partial charge in [0.25, 0.3) is 0 Å². The minimum absolute atomic E-state index is 0.230. The summed E-state index contributed by atoms with van der Waals surface area (Å²) in [6.07, 6.45) is 0. The van der Waals surface area contributed by atoms with E-state index < -0.39 is 0 Å². The molecule has 2 N–H and O–H groups in total. The summed E-state index contributed by atoms with van der Waals surface area (Å²) in [5.41, 5.74) is 1.75. The molecule has 0 bridgehead atoms. The van der Waals surface area contributed by atoms with Gasteiger partial charge in [-0.1, -0.05) is 6.07 Å². The van der Waals surface area contributed by atoms with Crippen LogP contribution in [0.3, 0.4) is 0 Å². The Balaban J connectivity index is 2.09. The minimum atomic E-state index is 0.230. The average Bonchev–Trinajstić information content (AvgIpc) is 2.47. The fourth-order valence-electron chi connectivity index (χ4n) is 1.70. The lowest BCUT2D eigenvalue weighted by molar-refractivity contribution is 0.415. The van der Waals surface area contributed by atoms with Crippen molar-refractivity contribution in [3.63, 3.8) is 0 Å². The molecule has 0 radical (unpaired) electrons. The van der Waals surface area contributed by atoms with Gasteiger partial charge in [0.15, 0.2) is 5.11 Å². The zero-order valence-electron chi connectivity index (χ0n) is 11.3. The first-order valence-corrected chi connectivity index (χ1v) is 6.49. The van der Waals surface area contributed by atoms with Gasteiger partial charge in [-0.25, -0.2) is 0 Å². The van der Waals surface area contributed by atoms with E-state index in [1.807, 2.05) is 36.2 Å². The highest BCUT2D eigenvalue weighted by Gasteiger charge is 2.07. The van der Waals surface area contributed by atoms with Crippen LogP contribution in [0.5, 0.6) is 11.5 Å². The van der Waals surface area contributed by atoms with Gasteiger partial charge in [-0.05, 0) is 48.6 Å². The fourth-order valence-corrected chi connectivity index (χ4v) is 1.92. The van der Waals surface area contributed by atoms with Crippen molar-refractivity contribution >= 4 is 28.7 Å². The van der Waals surface area contributed by atoms with Crippen molar-refractivity contribution in [1.29, 1.82) is 0 Å². The van der Waals surface area contributed by atoms with Crippen molar-refractivity contribution in [2.45, 2.75) is 0 Å². The predicted molar refractivity (Wildman–Crippen MR) is 85.7 cm³/mol. The number of hydrogen-bond donors (Lipinski definition) is 2. The number of aromatic hydroxyl groups is 1. The molecule has 2 aromatic carbocycles. The molecule has 5 heteroatoms. The van der Waals surface area contributed by atoms with E-state index in [0.29, 0.717) is 5.11 Å². The summed E-state index contributed by atoms with van der Waals surface area (Å²) in [4.78, 5) is 1.83. The number of nitrogens with one attached hydrogen (secondary N) is 1. The Hall–Kier alpha value is -2.27. The number of phenolic OH excluding ortho intramolecular Hbond substituents is 1. The smallest absolute Gasteiger partial charge is 0.177 e. The van der Waals surface area contributed by atoms with E-state index in [2.05, 4.69) is 5.32 Å². The van der Waals surface area contributed by atoms with Gasteiger partial charge in [-0.15, -0.1) is 0 Å². The Morgan fingerprint density at radius 2 is 1.90 bits per heavy atom. The van der Waals surface area contributed by atoms with E-state index in [-0.39, 0.29) is 5.75 Å². The SMILES string of the molecule is COc1cccc(NC(=S)N(C)c2ccc(O)cc2)c1. The van der Waals surface area contributed by atoms with Crippen LogP contribution in [0.1, 0.15) is 0 Å². The summed E-state index contributed by atoms with van der Waals surface area (Å²) in [7, 11) is 3.49. The molecule has 104 valence electrons. The first-order valence-electron chi connectivity index (χ1n) is 6.08. The third kappa shape index (κ3) is 3.39. The molecule has 0 atom stereocenters. The van der Waals surface area contributed by atoms with Crippen LogP contribution in [-0.2, 0) is 0 Å². The quantitative estimate of drug-likeness (QED) is 0.849. The zero-order chi connectivity index (χ0) is 14.5. The van der Waals surface area contributed by atoms with Crippen LogP contribution in [0.4, 0.5) is 11.4 Å². The molecule has 0 aromatic heterocycles. The number of ether oxygens (including phenoxy) is 1. The number of rotatable bonds is 3. The van der Waals surface area contributed by atoms with Gasteiger partial charge in [-0.3, -0.25) is 0 Å². The van der Waals surface area contributed by atoms with Crippen LogP contribution < -0.4 is 15.0 Å². The highest BCUT2D eigenvalue weighted by atomic mass is 32.1. The van der Waals surface area contributed by atoms with Crippen molar-refractivity contribution in [2.24, 2.45) is 0 Å². The van der Waals surface area contributed by atoms with Crippen LogP contribution >= 0.6 is 12.2 Å². The van der Waals surface area contributed by atoms with E-state index >= 15 is 0 Å². The van der Waals surface area contributed by atoms with Crippen LogP contribution in [0.15, 0.2) is 48.5 Å². The normalized spacial score (nSPS) is 9.90. The molecule has 0 spiro atoms. The third-order valence-corrected chi connectivity index (χ3v) is 3.24. The second kappa shape index (κ2) is 6.25. The number of benzene rings is 2. The molecule has 0 saturated heterocycles. The lowest BCUT2D eigenvalue weighted by atomic mass is 10.3. The lowest BCUT2D eigenvalue weighted by Gasteiger charge is -2.21. The van der Waals surface area contributed by atoms with Crippen molar-refractivity contribution in [2.75, 3.05) is 24.4 Å². The van der Waals surface area contributed by atoms with Gasteiger partial charge < -0.3 is 20.1 Å². The summed E-state index contributed by atoms with van der Waals surface area (Å²) < 4.78 is 5.17. The number of phenols is 1. The van der Waals surface area contributed by atoms with E-state index in [4.69, 9.17) is 17.0 Å². The van der Waals surface area contributed by atoms with Gasteiger partial charge in [0.1, 0.15) is 11.5 Å². The largest absolute Gasteiger partial charge is 0.508 e. The maximum absolute atomic E-state index is 9.29. The molecule has 0 unspecified atom stereocenters. The second-order valence-corrected chi connectivity index (χ2v) is 4.62. The van der Waals surface area contributed by atoms with Gasteiger partial charge in [0.2, 0.25) is 0 Å². The maximum Gasteiger partial charge on any atom is 0.177 e. The molecule has 0 fully saturated rings. The van der Waals surface area contributed by atoms with Gasteiger partial charge >= 0.3 is 0 Å². The highest BCUT2D eigenvalue weighted by Crippen LogP contribution is 2.20. The highest BCUT2D eigenvalue weighted by molar-refractivity contribution is 7.80. The molecule has 0 amide bonds. The molecule has 0 saturated carbocycles. The van der Waals surface area contributed by atoms with Crippen molar-refractivity contribution in [3.8, 4) is 11.5 Å². The molecular formula is C15H16N2O2S. The number of methoxy groups -OCH3 is 1. The van der Waals surface area contributed by atoms with Crippen LogP contribution in [0, 0.1) is 0 Å². The first-order chi connectivity index (χ1) is 9.60. The molecule has 0 aliphatic heterocycles. The molecule has 4 nitrogen and oxygen atoms in total. The standard InChI is InChI=1S/C15H16N2O2S/c1-17(12-6-8-13(18)9-7-12)15(20)16-11-4-3-5-14(10-11)19-2/h3-10,18H,1-2H3,(H,16,20). The molecular weight excluding hydrogens is 272 g/mol. The molecule has 0 aliphatic carbocycles. The molecule has 0 aliphatic rings. The summed E-state index contributed by atoms with van der Waals surface area (Å²) in [5.74, 6) is 0.999. The second-order valence-electron chi connectivity index (χ2n) is 4.24. The van der Waals surface area contributed by atoms with Crippen molar-refractivity contribution in [1.82, 2.24) is 0 Å². The van der Waals surface area contributed by atoms with Crippen molar-refractivity contribution in [3.05, 3.63) is 48.5 Å². The average molecular weight is 288 g/mol. The number of nitrogens with zero attached hydrogens (tertiary/aromatic N) is 1. The van der Waals surface area contributed by atoms with Crippen molar-refractivity contribution < 1.29 is 9.84 Å². The maximum atomic E-state index is 9.29. The van der Waals surface area contributed by atoms with Gasteiger partial charge in [0.05, 0.1) is 7.11 Å². The lowest BCUT2D eigenvalue weighted by Crippen LogP contribution is -2.30. The van der Waals surface area contributed by atoms with Gasteiger partial charge in [-0.2, -0.15) is 0 Å². The monoisotopic (exact) mass is 288 g/mol. The summed E-state index contributed by atoms with van der Waals surface area (Å²) in [6, 6.07) is 14.4. The fraction of sp³-hybridized carbons (Fsp3) is 0.133. The number of thiocarbonyl (C=S) groups is 1. The summed E-state index contributed by atoms with van der Waals surface area (Å²) in [5, 5.41) is 13.0. The van der Waals surface area contributed by atoms with Crippen LogP contribution in [0.25, 0.3) is 0 Å². The molecule has 0 heterocycles. The minimum Gasteiger partial charge on any atom is -0.508 e. The first kappa shape index (κ1) is 14.1. The van der Waals surface area contributed by atoms with Gasteiger partial charge in [0, 0.05) is 24.5 Å². The topological polar surface area (TPSA) is 44.7 Å². The number of hydrogen-bond acceptors (Lipinski definition) is 3. The Morgan fingerprint density at radius 1 is 1.20 bits per heavy atom. The van der Waals surface area contributed by atoms with Crippen LogP contribution in [-0.4, -0.2) is 24.4 Å². The summed E-state index contributed by atoms with van der Waals surface area (Å²) in [6.45, 7) is 0. The van der Waals surface area contributed by atoms with E-state index in [1.165, 1.54) is 0 Å². The molecule has 2 rings (SSSR count). The number of anilines is 2. The van der Waals surface area contributed by atoms with E-state index in [0.717, 1.165) is 17.1 Å². The van der Waals surface area contributed by atoms with E-state index in [1.54, 1.807) is 31.4 Å². The zero-order valence-corrected chi connectivity index (χ0v) is 12.1. The predicted octanol–water partition coefficient (Wildman–Crippen LogP) is 3.23.